The molecule has 0 heterocycles. The van der Waals surface area contributed by atoms with Gasteiger partial charge in [-0.2, -0.15) is 0 Å². The van der Waals surface area contributed by atoms with Crippen molar-refractivity contribution in [3.63, 3.8) is 0 Å². The van der Waals surface area contributed by atoms with Crippen molar-refractivity contribution in [1.82, 2.24) is 0 Å². The molecular formula is C14H14BrNOS. The van der Waals surface area contributed by atoms with E-state index in [0.717, 1.165) is 20.5 Å². The van der Waals surface area contributed by atoms with Gasteiger partial charge in [0.2, 0.25) is 0 Å². The molecule has 0 aliphatic heterocycles. The standard InChI is InChI=1S/C14H14BrNOS/c1-10-3-2-4-13(14(10)16)18(17)9-11-5-7-12(15)8-6-11/h2-8H,9,16H2,1H3. The maximum Gasteiger partial charge on any atom is 0.0623 e. The predicted molar refractivity (Wildman–Crippen MR) is 79.8 cm³/mol. The van der Waals surface area contributed by atoms with Crippen molar-refractivity contribution in [2.24, 2.45) is 0 Å². The van der Waals surface area contributed by atoms with Gasteiger partial charge in [0.1, 0.15) is 0 Å². The third kappa shape index (κ3) is 3.00. The molecule has 0 radical (unpaired) electrons. The zero-order chi connectivity index (χ0) is 13.1. The molecule has 0 bridgehead atoms. The number of nitrogen functional groups attached to an aromatic ring is 1. The van der Waals surface area contributed by atoms with Crippen LogP contribution in [0.2, 0.25) is 0 Å². The molecule has 0 aliphatic rings. The molecule has 2 rings (SSSR count). The van der Waals surface area contributed by atoms with Crippen LogP contribution in [0.4, 0.5) is 5.69 Å². The summed E-state index contributed by atoms with van der Waals surface area (Å²) in [6, 6.07) is 13.5. The molecule has 4 heteroatoms. The number of hydrogen-bond donors (Lipinski definition) is 1. The Morgan fingerprint density at radius 2 is 1.83 bits per heavy atom. The quantitative estimate of drug-likeness (QED) is 0.876. The lowest BCUT2D eigenvalue weighted by Crippen LogP contribution is -2.02. The molecule has 0 saturated carbocycles. The third-order valence-corrected chi connectivity index (χ3v) is 4.71. The lowest BCUT2D eigenvalue weighted by Gasteiger charge is -2.08. The number of halogens is 1. The number of hydrogen-bond acceptors (Lipinski definition) is 2. The van der Waals surface area contributed by atoms with E-state index < -0.39 is 10.8 Å². The first-order valence-electron chi connectivity index (χ1n) is 5.56. The maximum atomic E-state index is 12.3. The minimum absolute atomic E-state index is 0.487. The average molecular weight is 324 g/mol. The van der Waals surface area contributed by atoms with Gasteiger partial charge in [-0.25, -0.2) is 0 Å². The Labute approximate surface area is 118 Å². The van der Waals surface area contributed by atoms with Crippen LogP contribution in [-0.4, -0.2) is 4.21 Å². The summed E-state index contributed by atoms with van der Waals surface area (Å²) in [7, 11) is -1.10. The number of para-hydroxylation sites is 1. The lowest BCUT2D eigenvalue weighted by atomic mass is 10.2. The minimum atomic E-state index is -1.10. The van der Waals surface area contributed by atoms with Crippen LogP contribution in [0.25, 0.3) is 0 Å². The molecule has 1 unspecified atom stereocenters. The Morgan fingerprint density at radius 1 is 1.17 bits per heavy atom. The van der Waals surface area contributed by atoms with Crippen molar-refractivity contribution in [3.8, 4) is 0 Å². The SMILES string of the molecule is Cc1cccc(S(=O)Cc2ccc(Br)cc2)c1N. The number of aryl methyl sites for hydroxylation is 1. The van der Waals surface area contributed by atoms with Crippen LogP contribution in [0, 0.1) is 6.92 Å². The molecule has 18 heavy (non-hydrogen) atoms. The first-order valence-corrected chi connectivity index (χ1v) is 7.67. The molecule has 0 spiro atoms. The monoisotopic (exact) mass is 323 g/mol. The fourth-order valence-corrected chi connectivity index (χ4v) is 3.21. The molecule has 0 aromatic heterocycles. The molecule has 0 amide bonds. The highest BCUT2D eigenvalue weighted by molar-refractivity contribution is 9.10. The van der Waals surface area contributed by atoms with Crippen LogP contribution in [0.1, 0.15) is 11.1 Å². The number of anilines is 1. The predicted octanol–water partition coefficient (Wildman–Crippen LogP) is 3.65. The second kappa shape index (κ2) is 5.67. The third-order valence-electron chi connectivity index (χ3n) is 2.74. The Bertz CT molecular complexity index is 581. The number of rotatable bonds is 3. The zero-order valence-corrected chi connectivity index (χ0v) is 12.4. The highest BCUT2D eigenvalue weighted by Gasteiger charge is 2.10. The van der Waals surface area contributed by atoms with Crippen molar-refractivity contribution in [3.05, 3.63) is 58.1 Å². The van der Waals surface area contributed by atoms with Gasteiger partial charge in [0.05, 0.1) is 27.1 Å². The number of nitrogens with two attached hydrogens (primary N) is 1. The summed E-state index contributed by atoms with van der Waals surface area (Å²) < 4.78 is 13.3. The Kier molecular flexibility index (Phi) is 4.19. The molecule has 2 nitrogen and oxygen atoms in total. The zero-order valence-electron chi connectivity index (χ0n) is 10.0. The van der Waals surface area contributed by atoms with Gasteiger partial charge in [-0.3, -0.25) is 4.21 Å². The van der Waals surface area contributed by atoms with Crippen LogP contribution in [0.3, 0.4) is 0 Å². The van der Waals surface area contributed by atoms with Gasteiger partial charge in [-0.05, 0) is 36.2 Å². The van der Waals surface area contributed by atoms with Crippen LogP contribution in [-0.2, 0) is 16.6 Å². The van der Waals surface area contributed by atoms with Gasteiger partial charge in [-0.15, -0.1) is 0 Å². The van der Waals surface area contributed by atoms with Gasteiger partial charge in [0, 0.05) is 4.47 Å². The molecular weight excluding hydrogens is 310 g/mol. The van der Waals surface area contributed by atoms with Crippen molar-refractivity contribution in [1.29, 1.82) is 0 Å². The molecule has 0 saturated heterocycles. The van der Waals surface area contributed by atoms with Gasteiger partial charge in [0.15, 0.2) is 0 Å². The highest BCUT2D eigenvalue weighted by Crippen LogP contribution is 2.22. The van der Waals surface area contributed by atoms with Gasteiger partial charge >= 0.3 is 0 Å². The summed E-state index contributed by atoms with van der Waals surface area (Å²) in [4.78, 5) is 0.720. The topological polar surface area (TPSA) is 43.1 Å². The van der Waals surface area contributed by atoms with E-state index >= 15 is 0 Å². The van der Waals surface area contributed by atoms with Gasteiger partial charge in [0.25, 0.3) is 0 Å². The van der Waals surface area contributed by atoms with Crippen molar-refractivity contribution in [2.45, 2.75) is 17.6 Å². The first-order chi connectivity index (χ1) is 8.58. The highest BCUT2D eigenvalue weighted by atomic mass is 79.9. The van der Waals surface area contributed by atoms with Gasteiger partial charge < -0.3 is 5.73 Å². The summed E-state index contributed by atoms with van der Waals surface area (Å²) in [5, 5.41) is 0. The summed E-state index contributed by atoms with van der Waals surface area (Å²) >= 11 is 3.38. The molecule has 2 N–H and O–H groups in total. The fraction of sp³-hybridized carbons (Fsp3) is 0.143. The molecule has 1 atom stereocenters. The van der Waals surface area contributed by atoms with Crippen molar-refractivity contribution < 1.29 is 4.21 Å². The summed E-state index contributed by atoms with van der Waals surface area (Å²) in [6.07, 6.45) is 0. The van der Waals surface area contributed by atoms with E-state index in [-0.39, 0.29) is 0 Å². The van der Waals surface area contributed by atoms with Crippen LogP contribution < -0.4 is 5.73 Å². The van der Waals surface area contributed by atoms with Crippen molar-refractivity contribution >= 4 is 32.4 Å². The second-order valence-corrected chi connectivity index (χ2v) is 6.44. The maximum absolute atomic E-state index is 12.3. The Balaban J connectivity index is 2.22. The summed E-state index contributed by atoms with van der Waals surface area (Å²) in [6.45, 7) is 1.93. The summed E-state index contributed by atoms with van der Waals surface area (Å²) in [5.74, 6) is 0.487. The largest absolute Gasteiger partial charge is 0.398 e. The Hall–Kier alpha value is -1.13. The van der Waals surface area contributed by atoms with Crippen LogP contribution >= 0.6 is 15.9 Å². The van der Waals surface area contributed by atoms with Crippen LogP contribution in [0.15, 0.2) is 51.8 Å². The molecule has 0 fully saturated rings. The first kappa shape index (κ1) is 13.3. The van der Waals surface area contributed by atoms with E-state index in [2.05, 4.69) is 15.9 Å². The molecule has 2 aromatic carbocycles. The second-order valence-electron chi connectivity index (χ2n) is 4.10. The number of benzene rings is 2. The van der Waals surface area contributed by atoms with E-state index in [1.807, 2.05) is 49.4 Å². The summed E-state index contributed by atoms with van der Waals surface area (Å²) in [5.41, 5.74) is 8.60. The lowest BCUT2D eigenvalue weighted by molar-refractivity contribution is 0.683. The molecule has 0 aliphatic carbocycles. The van der Waals surface area contributed by atoms with E-state index in [4.69, 9.17) is 5.73 Å². The minimum Gasteiger partial charge on any atom is -0.398 e. The molecule has 2 aromatic rings. The van der Waals surface area contributed by atoms with Crippen LogP contribution in [0.5, 0.6) is 0 Å². The Morgan fingerprint density at radius 3 is 2.50 bits per heavy atom. The fourth-order valence-electron chi connectivity index (χ4n) is 1.66. The van der Waals surface area contributed by atoms with E-state index in [1.54, 1.807) is 0 Å². The molecule has 94 valence electrons. The van der Waals surface area contributed by atoms with E-state index in [1.165, 1.54) is 0 Å². The van der Waals surface area contributed by atoms with Crippen molar-refractivity contribution in [2.75, 3.05) is 5.73 Å². The van der Waals surface area contributed by atoms with E-state index in [9.17, 15) is 4.21 Å². The average Bonchev–Trinajstić information content (AvgIpc) is 2.35. The van der Waals surface area contributed by atoms with E-state index in [0.29, 0.717) is 11.4 Å². The normalized spacial score (nSPS) is 12.3. The smallest absolute Gasteiger partial charge is 0.0623 e. The van der Waals surface area contributed by atoms with Gasteiger partial charge in [-0.1, -0.05) is 40.2 Å².